The van der Waals surface area contributed by atoms with Gasteiger partial charge in [-0.25, -0.2) is 0 Å². The molecule has 1 fully saturated rings. The van der Waals surface area contributed by atoms with Crippen molar-refractivity contribution in [3.63, 3.8) is 0 Å². The van der Waals surface area contributed by atoms with Gasteiger partial charge >= 0.3 is 0 Å². The quantitative estimate of drug-likeness (QED) is 0.509. The summed E-state index contributed by atoms with van der Waals surface area (Å²) in [6, 6.07) is 0. The van der Waals surface area contributed by atoms with Crippen molar-refractivity contribution in [1.29, 1.82) is 0 Å². The van der Waals surface area contributed by atoms with Crippen LogP contribution in [0.2, 0.25) is 0 Å². The molecule has 0 aromatic heterocycles. The first kappa shape index (κ1) is 20.4. The Kier molecular flexibility index (Phi) is 22.4. The van der Waals surface area contributed by atoms with Crippen LogP contribution in [-0.4, -0.2) is 0 Å². The maximum atomic E-state index is 2.32. The van der Waals surface area contributed by atoms with Gasteiger partial charge in [-0.15, -0.1) is 0 Å². The lowest BCUT2D eigenvalue weighted by Gasteiger charge is -2.07. The summed E-state index contributed by atoms with van der Waals surface area (Å²) in [5.41, 5.74) is 0.842. The van der Waals surface area contributed by atoms with E-state index in [2.05, 4.69) is 27.7 Å². The Morgan fingerprint density at radius 1 is 0.800 bits per heavy atom. The van der Waals surface area contributed by atoms with Gasteiger partial charge in [0.2, 0.25) is 0 Å². The van der Waals surface area contributed by atoms with Gasteiger partial charge in [0.1, 0.15) is 0 Å². The largest absolute Gasteiger partial charge is 0.0683 e. The summed E-state index contributed by atoms with van der Waals surface area (Å²) < 4.78 is 0. The fraction of sp³-hybridized carbons (Fsp3) is 1.00. The van der Waals surface area contributed by atoms with Crippen molar-refractivity contribution in [2.24, 2.45) is 5.41 Å². The van der Waals surface area contributed by atoms with Gasteiger partial charge in [-0.1, -0.05) is 74.7 Å². The van der Waals surface area contributed by atoms with Gasteiger partial charge < -0.3 is 0 Å². The molecule has 1 rings (SSSR count). The minimum absolute atomic E-state index is 0.842. The SMILES string of the molecule is CC.CC.CCC.CCCC1(CC)CC1. The summed E-state index contributed by atoms with van der Waals surface area (Å²) in [7, 11) is 0. The van der Waals surface area contributed by atoms with Gasteiger partial charge in [0.15, 0.2) is 0 Å². The van der Waals surface area contributed by atoms with Crippen LogP contribution in [0.4, 0.5) is 0 Å². The third kappa shape index (κ3) is 14.0. The second-order valence-electron chi connectivity index (χ2n) is 3.81. The van der Waals surface area contributed by atoms with Crippen LogP contribution in [0, 0.1) is 5.41 Å². The summed E-state index contributed by atoms with van der Waals surface area (Å²) in [5, 5.41) is 0. The van der Waals surface area contributed by atoms with Gasteiger partial charge in [-0.2, -0.15) is 0 Å². The van der Waals surface area contributed by atoms with Crippen LogP contribution in [0.5, 0.6) is 0 Å². The van der Waals surface area contributed by atoms with Crippen LogP contribution < -0.4 is 0 Å². The van der Waals surface area contributed by atoms with Crippen LogP contribution in [0.1, 0.15) is 93.9 Å². The van der Waals surface area contributed by atoms with E-state index in [1.54, 1.807) is 0 Å². The van der Waals surface area contributed by atoms with E-state index < -0.39 is 0 Å². The lowest BCUT2D eigenvalue weighted by molar-refractivity contribution is 0.444. The smallest absolute Gasteiger partial charge is 0.0300 e. The predicted molar refractivity (Wildman–Crippen MR) is 75.5 cm³/mol. The molecule has 0 nitrogen and oxygen atoms in total. The first-order valence-electron chi connectivity index (χ1n) is 7.24. The Hall–Kier alpha value is 0. The molecular weight excluding hydrogens is 180 g/mol. The van der Waals surface area contributed by atoms with Crippen LogP contribution in [-0.2, 0) is 0 Å². The molecule has 0 spiro atoms. The molecule has 15 heavy (non-hydrogen) atoms. The van der Waals surface area contributed by atoms with Crippen LogP contribution in [0.15, 0.2) is 0 Å². The number of hydrogen-bond acceptors (Lipinski definition) is 0. The minimum Gasteiger partial charge on any atom is -0.0683 e. The van der Waals surface area contributed by atoms with E-state index in [4.69, 9.17) is 0 Å². The van der Waals surface area contributed by atoms with Crippen molar-refractivity contribution < 1.29 is 0 Å². The second kappa shape index (κ2) is 16.4. The summed E-state index contributed by atoms with van der Waals surface area (Å²) >= 11 is 0. The minimum atomic E-state index is 0.842. The Morgan fingerprint density at radius 2 is 1.13 bits per heavy atom. The molecule has 0 saturated heterocycles. The summed E-state index contributed by atoms with van der Waals surface area (Å²) in [6.45, 7) is 16.9. The van der Waals surface area contributed by atoms with Crippen molar-refractivity contribution in [3.05, 3.63) is 0 Å². The zero-order chi connectivity index (χ0) is 12.7. The molecule has 1 aliphatic rings. The van der Waals surface area contributed by atoms with E-state index in [9.17, 15) is 0 Å². The van der Waals surface area contributed by atoms with Crippen molar-refractivity contribution in [2.75, 3.05) is 0 Å². The molecule has 0 heteroatoms. The van der Waals surface area contributed by atoms with Gasteiger partial charge in [0.25, 0.3) is 0 Å². The van der Waals surface area contributed by atoms with E-state index in [1.165, 1.54) is 38.5 Å². The normalized spacial score (nSPS) is 14.4. The van der Waals surface area contributed by atoms with E-state index >= 15 is 0 Å². The van der Waals surface area contributed by atoms with Gasteiger partial charge in [0.05, 0.1) is 0 Å². The highest BCUT2D eigenvalue weighted by molar-refractivity contribution is 4.90. The van der Waals surface area contributed by atoms with Crippen LogP contribution in [0.3, 0.4) is 0 Å². The maximum Gasteiger partial charge on any atom is -0.0300 e. The van der Waals surface area contributed by atoms with Gasteiger partial charge in [-0.3, -0.25) is 0 Å². The lowest BCUT2D eigenvalue weighted by Crippen LogP contribution is -1.95. The van der Waals surface area contributed by atoms with E-state index in [1.807, 2.05) is 27.7 Å². The molecule has 0 amide bonds. The molecule has 1 saturated carbocycles. The maximum absolute atomic E-state index is 2.32. The zero-order valence-electron chi connectivity index (χ0n) is 12.7. The Morgan fingerprint density at radius 3 is 1.20 bits per heavy atom. The van der Waals surface area contributed by atoms with Crippen LogP contribution in [0.25, 0.3) is 0 Å². The Balaban J connectivity index is -0.000000176. The average Bonchev–Trinajstić information content (AvgIpc) is 3.06. The monoisotopic (exact) mass is 216 g/mol. The highest BCUT2D eigenvalue weighted by Gasteiger charge is 2.38. The molecule has 0 N–H and O–H groups in total. The third-order valence-corrected chi connectivity index (χ3v) is 2.49. The average molecular weight is 216 g/mol. The highest BCUT2D eigenvalue weighted by atomic mass is 14.4. The lowest BCUT2D eigenvalue weighted by atomic mass is 9.98. The van der Waals surface area contributed by atoms with Crippen molar-refractivity contribution in [2.45, 2.75) is 93.9 Å². The van der Waals surface area contributed by atoms with Crippen molar-refractivity contribution >= 4 is 0 Å². The molecule has 0 aliphatic heterocycles. The van der Waals surface area contributed by atoms with E-state index in [-0.39, 0.29) is 0 Å². The van der Waals surface area contributed by atoms with Gasteiger partial charge in [0, 0.05) is 0 Å². The van der Waals surface area contributed by atoms with Gasteiger partial charge in [-0.05, 0) is 24.7 Å². The molecule has 0 bridgehead atoms. The first-order valence-corrected chi connectivity index (χ1v) is 7.24. The van der Waals surface area contributed by atoms with Crippen molar-refractivity contribution in [1.82, 2.24) is 0 Å². The molecule has 0 aromatic carbocycles. The summed E-state index contributed by atoms with van der Waals surface area (Å²) in [5.74, 6) is 0. The molecule has 0 heterocycles. The molecule has 0 unspecified atom stereocenters. The predicted octanol–water partition coefficient (Wildman–Crippen LogP) is 6.45. The van der Waals surface area contributed by atoms with E-state index in [0.29, 0.717) is 0 Å². The summed E-state index contributed by atoms with van der Waals surface area (Å²) in [6.07, 6.45) is 8.55. The zero-order valence-corrected chi connectivity index (χ0v) is 12.7. The van der Waals surface area contributed by atoms with Crippen LogP contribution >= 0.6 is 0 Å². The fourth-order valence-corrected chi connectivity index (χ4v) is 1.49. The standard InChI is InChI=1S/C8H16.C3H8.2C2H6/c1-3-5-8(4-2)6-7-8;1-3-2;2*1-2/h3-7H2,1-2H3;3H2,1-2H3;2*1-2H3. The van der Waals surface area contributed by atoms with E-state index in [0.717, 1.165) is 5.41 Å². The number of hydrogen-bond donors (Lipinski definition) is 0. The van der Waals surface area contributed by atoms with Crippen molar-refractivity contribution in [3.8, 4) is 0 Å². The Bertz CT molecular complexity index is 80.0. The topological polar surface area (TPSA) is 0 Å². The molecule has 96 valence electrons. The molecular formula is C15H36. The highest BCUT2D eigenvalue weighted by Crippen LogP contribution is 2.52. The molecule has 0 aromatic rings. The first-order chi connectivity index (χ1) is 7.24. The fourth-order valence-electron chi connectivity index (χ4n) is 1.49. The second-order valence-corrected chi connectivity index (χ2v) is 3.81. The molecule has 0 atom stereocenters. The summed E-state index contributed by atoms with van der Waals surface area (Å²) in [4.78, 5) is 0. The Labute approximate surface area is 99.9 Å². The molecule has 0 radical (unpaired) electrons. The number of rotatable bonds is 3. The third-order valence-electron chi connectivity index (χ3n) is 2.49. The molecule has 1 aliphatic carbocycles.